The normalized spacial score (nSPS) is 11.6. The molecule has 9 nitrogen and oxygen atoms in total. The number of hydrogen-bond donors (Lipinski definition) is 2. The number of esters is 1. The summed E-state index contributed by atoms with van der Waals surface area (Å²) >= 11 is 1.37. The Hall–Kier alpha value is -1.97. The van der Waals surface area contributed by atoms with Crippen LogP contribution in [0, 0.1) is 0 Å². The van der Waals surface area contributed by atoms with Crippen molar-refractivity contribution in [1.29, 1.82) is 0 Å². The molecule has 0 spiro atoms. The van der Waals surface area contributed by atoms with Crippen molar-refractivity contribution < 1.29 is 14.3 Å². The van der Waals surface area contributed by atoms with Gasteiger partial charge >= 0.3 is 5.97 Å². The van der Waals surface area contributed by atoms with Crippen LogP contribution in [0.2, 0.25) is 0 Å². The lowest BCUT2D eigenvalue weighted by molar-refractivity contribution is -0.145. The number of anilines is 1. The van der Waals surface area contributed by atoms with Crippen LogP contribution in [0.5, 0.6) is 0 Å². The molecule has 1 atom stereocenters. The third-order valence-corrected chi connectivity index (χ3v) is 3.24. The highest BCUT2D eigenvalue weighted by molar-refractivity contribution is 7.98. The van der Waals surface area contributed by atoms with Crippen molar-refractivity contribution in [1.82, 2.24) is 25.7 Å². The summed E-state index contributed by atoms with van der Waals surface area (Å²) in [6.45, 7) is 1.99. The Morgan fingerprint density at radius 3 is 2.45 bits per heavy atom. The number of hydrogen-bond acceptors (Lipinski definition) is 9. The molecule has 0 aliphatic heterocycles. The van der Waals surface area contributed by atoms with E-state index in [9.17, 15) is 9.59 Å². The van der Waals surface area contributed by atoms with Gasteiger partial charge in [0, 0.05) is 13.5 Å². The molecule has 0 saturated heterocycles. The monoisotopic (exact) mass is 328 g/mol. The SMILES string of the molecule is COC(=O)[C@H](CCCCNc1nnc(SC)nn1)NC(C)=O. The van der Waals surface area contributed by atoms with Crippen molar-refractivity contribution in [3.8, 4) is 0 Å². The molecule has 0 saturated carbocycles. The van der Waals surface area contributed by atoms with Gasteiger partial charge in [-0.2, -0.15) is 0 Å². The van der Waals surface area contributed by atoms with Crippen molar-refractivity contribution in [2.45, 2.75) is 37.4 Å². The van der Waals surface area contributed by atoms with E-state index < -0.39 is 12.0 Å². The van der Waals surface area contributed by atoms with Gasteiger partial charge in [-0.1, -0.05) is 11.8 Å². The fourth-order valence-corrected chi connectivity index (χ4v) is 1.93. The van der Waals surface area contributed by atoms with E-state index >= 15 is 0 Å². The molecule has 1 amide bonds. The van der Waals surface area contributed by atoms with E-state index in [-0.39, 0.29) is 5.91 Å². The molecule has 10 heteroatoms. The summed E-state index contributed by atoms with van der Waals surface area (Å²) in [5.41, 5.74) is 0. The smallest absolute Gasteiger partial charge is 0.328 e. The number of aromatic nitrogens is 4. The van der Waals surface area contributed by atoms with Crippen LogP contribution in [-0.2, 0) is 14.3 Å². The quantitative estimate of drug-likeness (QED) is 0.373. The summed E-state index contributed by atoms with van der Waals surface area (Å²) in [7, 11) is 1.30. The maximum absolute atomic E-state index is 11.5. The number of nitrogens with zero attached hydrogens (tertiary/aromatic N) is 4. The number of nitrogens with one attached hydrogen (secondary N) is 2. The van der Waals surface area contributed by atoms with Gasteiger partial charge in [0.25, 0.3) is 5.95 Å². The topological polar surface area (TPSA) is 119 Å². The molecule has 1 aromatic heterocycles. The Morgan fingerprint density at radius 1 is 1.23 bits per heavy atom. The predicted octanol–water partition coefficient (Wildman–Crippen LogP) is 0.248. The number of amides is 1. The zero-order valence-electron chi connectivity index (χ0n) is 12.8. The molecule has 0 fully saturated rings. The Bertz CT molecular complexity index is 484. The first-order valence-corrected chi connectivity index (χ1v) is 7.99. The van der Waals surface area contributed by atoms with Gasteiger partial charge in [0.15, 0.2) is 0 Å². The first-order valence-electron chi connectivity index (χ1n) is 6.77. The van der Waals surface area contributed by atoms with E-state index in [0.717, 1.165) is 12.8 Å². The fourth-order valence-electron chi connectivity index (χ4n) is 1.68. The molecule has 0 aliphatic rings. The maximum Gasteiger partial charge on any atom is 0.328 e. The standard InChI is InChI=1S/C12H20N6O3S/c1-8(19)14-9(10(20)21-2)6-4-5-7-13-11-15-17-12(22-3)18-16-11/h9H,4-7H2,1-3H3,(H,14,19)(H,13,15,16)/t9-/m0/s1. The van der Waals surface area contributed by atoms with Gasteiger partial charge in [-0.25, -0.2) is 4.79 Å². The number of carbonyl (C=O) groups is 2. The molecule has 1 heterocycles. The Balaban J connectivity index is 2.27. The minimum atomic E-state index is -0.608. The lowest BCUT2D eigenvalue weighted by atomic mass is 10.1. The van der Waals surface area contributed by atoms with Gasteiger partial charge in [0.2, 0.25) is 11.1 Å². The summed E-state index contributed by atoms with van der Waals surface area (Å²) in [6.07, 6.45) is 3.87. The summed E-state index contributed by atoms with van der Waals surface area (Å²) in [5.74, 6) is -0.329. The molecule has 0 aromatic carbocycles. The van der Waals surface area contributed by atoms with Gasteiger partial charge in [0.05, 0.1) is 7.11 Å². The van der Waals surface area contributed by atoms with E-state index in [1.165, 1.54) is 25.8 Å². The Kier molecular flexibility index (Phi) is 8.11. The fraction of sp³-hybridized carbons (Fsp3) is 0.667. The van der Waals surface area contributed by atoms with Crippen LogP contribution in [0.15, 0.2) is 5.16 Å². The minimum Gasteiger partial charge on any atom is -0.467 e. The molecule has 2 N–H and O–H groups in total. The van der Waals surface area contributed by atoms with Gasteiger partial charge in [-0.05, 0) is 25.5 Å². The number of carbonyl (C=O) groups excluding carboxylic acids is 2. The summed E-state index contributed by atoms with van der Waals surface area (Å²) < 4.78 is 4.65. The molecular formula is C12H20N6O3S. The third-order valence-electron chi connectivity index (χ3n) is 2.71. The number of methoxy groups -OCH3 is 1. The second-order valence-corrected chi connectivity index (χ2v) is 5.18. The summed E-state index contributed by atoms with van der Waals surface area (Å²) in [4.78, 5) is 22.5. The van der Waals surface area contributed by atoms with Crippen molar-refractivity contribution in [3.05, 3.63) is 0 Å². The van der Waals surface area contributed by atoms with Crippen molar-refractivity contribution in [2.75, 3.05) is 25.2 Å². The van der Waals surface area contributed by atoms with Gasteiger partial charge in [0.1, 0.15) is 6.04 Å². The maximum atomic E-state index is 11.5. The predicted molar refractivity (Wildman–Crippen MR) is 81.4 cm³/mol. The first-order chi connectivity index (χ1) is 10.6. The van der Waals surface area contributed by atoms with Crippen LogP contribution in [0.4, 0.5) is 5.95 Å². The average molecular weight is 328 g/mol. The number of rotatable bonds is 9. The number of thioether (sulfide) groups is 1. The highest BCUT2D eigenvalue weighted by atomic mass is 32.2. The molecule has 122 valence electrons. The molecule has 22 heavy (non-hydrogen) atoms. The summed E-state index contributed by atoms with van der Waals surface area (Å²) in [5, 5.41) is 21.6. The van der Waals surface area contributed by atoms with E-state index in [1.807, 2.05) is 6.26 Å². The van der Waals surface area contributed by atoms with E-state index in [0.29, 0.717) is 24.1 Å². The molecular weight excluding hydrogens is 308 g/mol. The molecule has 0 bridgehead atoms. The second-order valence-electron chi connectivity index (χ2n) is 4.41. The lowest BCUT2D eigenvalue weighted by Crippen LogP contribution is -2.40. The van der Waals surface area contributed by atoms with Crippen LogP contribution < -0.4 is 10.6 Å². The van der Waals surface area contributed by atoms with Crippen molar-refractivity contribution in [3.63, 3.8) is 0 Å². The number of ether oxygens (including phenoxy) is 1. The van der Waals surface area contributed by atoms with Crippen LogP contribution in [0.25, 0.3) is 0 Å². The zero-order chi connectivity index (χ0) is 16.4. The van der Waals surface area contributed by atoms with E-state index in [1.54, 1.807) is 0 Å². The highest BCUT2D eigenvalue weighted by Crippen LogP contribution is 2.06. The Labute approximate surface area is 133 Å². The largest absolute Gasteiger partial charge is 0.467 e. The van der Waals surface area contributed by atoms with E-state index in [2.05, 4.69) is 35.8 Å². The first kappa shape index (κ1) is 18.1. The van der Waals surface area contributed by atoms with Gasteiger partial charge in [-0.3, -0.25) is 4.79 Å². The van der Waals surface area contributed by atoms with Crippen LogP contribution >= 0.6 is 11.8 Å². The molecule has 0 radical (unpaired) electrons. The van der Waals surface area contributed by atoms with Gasteiger partial charge in [-0.15, -0.1) is 20.4 Å². The van der Waals surface area contributed by atoms with Crippen LogP contribution in [0.1, 0.15) is 26.2 Å². The Morgan fingerprint density at radius 2 is 1.91 bits per heavy atom. The zero-order valence-corrected chi connectivity index (χ0v) is 13.6. The van der Waals surface area contributed by atoms with Crippen LogP contribution in [0.3, 0.4) is 0 Å². The molecule has 0 unspecified atom stereocenters. The van der Waals surface area contributed by atoms with E-state index in [4.69, 9.17) is 0 Å². The minimum absolute atomic E-state index is 0.257. The van der Waals surface area contributed by atoms with Crippen molar-refractivity contribution in [2.24, 2.45) is 0 Å². The third kappa shape index (κ3) is 6.66. The van der Waals surface area contributed by atoms with Crippen molar-refractivity contribution >= 4 is 29.6 Å². The van der Waals surface area contributed by atoms with Gasteiger partial charge < -0.3 is 15.4 Å². The van der Waals surface area contributed by atoms with Crippen LogP contribution in [-0.4, -0.2) is 58.2 Å². The molecule has 0 aliphatic carbocycles. The molecule has 1 aromatic rings. The highest BCUT2D eigenvalue weighted by Gasteiger charge is 2.19. The summed E-state index contributed by atoms with van der Waals surface area (Å²) in [6, 6.07) is -0.608. The second kappa shape index (κ2) is 9.87. The average Bonchev–Trinajstić information content (AvgIpc) is 2.53. The number of unbranched alkanes of at least 4 members (excludes halogenated alkanes) is 1. The lowest BCUT2D eigenvalue weighted by Gasteiger charge is -2.15. The molecule has 1 rings (SSSR count).